The Kier molecular flexibility index (Phi) is 4.37. The average Bonchev–Trinajstić information content (AvgIpc) is 2.87. The van der Waals surface area contributed by atoms with Crippen LogP contribution < -0.4 is 5.32 Å². The van der Waals surface area contributed by atoms with Gasteiger partial charge in [-0.2, -0.15) is 0 Å². The quantitative estimate of drug-likeness (QED) is 0.898. The number of hydrogen-bond donors (Lipinski definition) is 1. The lowest BCUT2D eigenvalue weighted by atomic mass is 9.98. The molecule has 3 rings (SSSR count). The number of alkyl carbamates (subject to hydrolysis) is 1. The highest BCUT2D eigenvalue weighted by molar-refractivity contribution is 5.79. The number of amides is 1. The fourth-order valence-corrected chi connectivity index (χ4v) is 2.99. The summed E-state index contributed by atoms with van der Waals surface area (Å²) < 4.78 is 5.51. The molecule has 0 saturated heterocycles. The first kappa shape index (κ1) is 15.6. The molecule has 0 aliphatic heterocycles. The van der Waals surface area contributed by atoms with Crippen LogP contribution in [0.5, 0.6) is 0 Å². The molecule has 120 valence electrons. The molecule has 2 aromatic carbocycles. The van der Waals surface area contributed by atoms with Crippen LogP contribution in [0.4, 0.5) is 4.79 Å². The van der Waals surface area contributed by atoms with E-state index in [1.54, 1.807) is 0 Å². The van der Waals surface area contributed by atoms with Crippen LogP contribution in [0.3, 0.4) is 0 Å². The van der Waals surface area contributed by atoms with Gasteiger partial charge in [-0.25, -0.2) is 4.79 Å². The average molecular weight is 309 g/mol. The Morgan fingerprint density at radius 1 is 1.00 bits per heavy atom. The van der Waals surface area contributed by atoms with E-state index >= 15 is 0 Å². The first-order chi connectivity index (χ1) is 11.1. The van der Waals surface area contributed by atoms with E-state index in [2.05, 4.69) is 55.6 Å². The van der Waals surface area contributed by atoms with Crippen molar-refractivity contribution in [1.29, 1.82) is 0 Å². The monoisotopic (exact) mass is 309 g/mol. The van der Waals surface area contributed by atoms with Crippen LogP contribution in [0, 0.1) is 5.92 Å². The summed E-state index contributed by atoms with van der Waals surface area (Å²) >= 11 is 0. The minimum atomic E-state index is -0.340. The highest BCUT2D eigenvalue weighted by Gasteiger charge is 2.29. The SMILES string of the molecule is CC(C)[C@@H](C)NC(=O)OCC1c2ccccc2-c2ccccc21. The number of rotatable bonds is 4. The molecule has 1 N–H and O–H groups in total. The van der Waals surface area contributed by atoms with Crippen molar-refractivity contribution in [3.63, 3.8) is 0 Å². The molecule has 0 aromatic heterocycles. The third-order valence-corrected chi connectivity index (χ3v) is 4.69. The van der Waals surface area contributed by atoms with Crippen LogP contribution in [-0.4, -0.2) is 18.7 Å². The maximum absolute atomic E-state index is 12.0. The Hall–Kier alpha value is -2.29. The molecule has 0 saturated carbocycles. The van der Waals surface area contributed by atoms with Crippen molar-refractivity contribution in [1.82, 2.24) is 5.32 Å². The van der Waals surface area contributed by atoms with Gasteiger partial charge in [0.15, 0.2) is 0 Å². The lowest BCUT2D eigenvalue weighted by molar-refractivity contribution is 0.137. The van der Waals surface area contributed by atoms with Crippen LogP contribution in [0.25, 0.3) is 11.1 Å². The number of carbonyl (C=O) groups is 1. The van der Waals surface area contributed by atoms with Crippen LogP contribution in [0.15, 0.2) is 48.5 Å². The molecule has 23 heavy (non-hydrogen) atoms. The van der Waals surface area contributed by atoms with Crippen molar-refractivity contribution in [2.24, 2.45) is 5.92 Å². The minimum absolute atomic E-state index is 0.102. The standard InChI is InChI=1S/C20H23NO2/c1-13(2)14(3)21-20(22)23-12-19-17-10-6-4-8-15(17)16-9-5-7-11-18(16)19/h4-11,13-14,19H,12H2,1-3H3,(H,21,22)/t14-/m1/s1. The summed E-state index contributed by atoms with van der Waals surface area (Å²) in [7, 11) is 0. The van der Waals surface area contributed by atoms with Gasteiger partial charge in [-0.05, 0) is 35.1 Å². The number of hydrogen-bond acceptors (Lipinski definition) is 2. The Morgan fingerprint density at radius 2 is 1.52 bits per heavy atom. The largest absolute Gasteiger partial charge is 0.449 e. The molecule has 3 heteroatoms. The molecule has 0 heterocycles. The topological polar surface area (TPSA) is 38.3 Å². The maximum Gasteiger partial charge on any atom is 0.407 e. The Labute approximate surface area is 137 Å². The molecule has 0 unspecified atom stereocenters. The number of nitrogens with one attached hydrogen (secondary N) is 1. The molecule has 0 spiro atoms. The fourth-order valence-electron chi connectivity index (χ4n) is 2.99. The van der Waals surface area contributed by atoms with E-state index < -0.39 is 0 Å². The van der Waals surface area contributed by atoms with Crippen molar-refractivity contribution in [3.8, 4) is 11.1 Å². The summed E-state index contributed by atoms with van der Waals surface area (Å²) in [6.45, 7) is 6.51. The Morgan fingerprint density at radius 3 is 2.04 bits per heavy atom. The van der Waals surface area contributed by atoms with Crippen molar-refractivity contribution in [2.45, 2.75) is 32.7 Å². The summed E-state index contributed by atoms with van der Waals surface area (Å²) in [6.07, 6.45) is -0.340. The second-order valence-electron chi connectivity index (χ2n) is 6.50. The second-order valence-corrected chi connectivity index (χ2v) is 6.50. The third kappa shape index (κ3) is 3.09. The lowest BCUT2D eigenvalue weighted by Gasteiger charge is -2.19. The van der Waals surface area contributed by atoms with E-state index in [1.165, 1.54) is 22.3 Å². The highest BCUT2D eigenvalue weighted by Crippen LogP contribution is 2.44. The van der Waals surface area contributed by atoms with Crippen molar-refractivity contribution < 1.29 is 9.53 Å². The van der Waals surface area contributed by atoms with Gasteiger partial charge in [0.2, 0.25) is 0 Å². The van der Waals surface area contributed by atoms with Crippen molar-refractivity contribution in [2.75, 3.05) is 6.61 Å². The molecular weight excluding hydrogens is 286 g/mol. The van der Waals surface area contributed by atoms with E-state index in [9.17, 15) is 4.79 Å². The van der Waals surface area contributed by atoms with Crippen LogP contribution in [0.2, 0.25) is 0 Å². The van der Waals surface area contributed by atoms with E-state index in [4.69, 9.17) is 4.74 Å². The normalized spacial score (nSPS) is 14.3. The third-order valence-electron chi connectivity index (χ3n) is 4.69. The molecule has 0 radical (unpaired) electrons. The van der Waals surface area contributed by atoms with Gasteiger partial charge in [-0.1, -0.05) is 62.4 Å². The number of benzene rings is 2. The van der Waals surface area contributed by atoms with E-state index in [0.29, 0.717) is 12.5 Å². The molecule has 1 aliphatic rings. The van der Waals surface area contributed by atoms with Crippen LogP contribution in [-0.2, 0) is 4.74 Å². The van der Waals surface area contributed by atoms with Crippen LogP contribution >= 0.6 is 0 Å². The smallest absolute Gasteiger partial charge is 0.407 e. The number of carbonyl (C=O) groups excluding carboxylic acids is 1. The fraction of sp³-hybridized carbons (Fsp3) is 0.350. The summed E-state index contributed by atoms with van der Waals surface area (Å²) in [4.78, 5) is 12.0. The van der Waals surface area contributed by atoms with E-state index in [1.807, 2.05) is 19.1 Å². The van der Waals surface area contributed by atoms with Gasteiger partial charge < -0.3 is 10.1 Å². The zero-order chi connectivity index (χ0) is 16.4. The molecule has 0 bridgehead atoms. The molecule has 3 nitrogen and oxygen atoms in total. The molecule has 1 amide bonds. The van der Waals surface area contributed by atoms with Gasteiger partial charge >= 0.3 is 6.09 Å². The van der Waals surface area contributed by atoms with E-state index in [-0.39, 0.29) is 18.1 Å². The Bertz CT molecular complexity index is 663. The first-order valence-corrected chi connectivity index (χ1v) is 8.19. The van der Waals surface area contributed by atoms with Crippen LogP contribution in [0.1, 0.15) is 37.8 Å². The summed E-state index contributed by atoms with van der Waals surface area (Å²) in [5.41, 5.74) is 4.96. The van der Waals surface area contributed by atoms with Crippen molar-refractivity contribution >= 4 is 6.09 Å². The zero-order valence-electron chi connectivity index (χ0n) is 13.9. The summed E-state index contributed by atoms with van der Waals surface area (Å²) in [5, 5.41) is 2.89. The summed E-state index contributed by atoms with van der Waals surface area (Å²) in [5.74, 6) is 0.498. The lowest BCUT2D eigenvalue weighted by Crippen LogP contribution is -2.37. The predicted octanol–water partition coefficient (Wildman–Crippen LogP) is 4.57. The number of fused-ring (bicyclic) bond motifs is 3. The second kappa shape index (κ2) is 6.45. The first-order valence-electron chi connectivity index (χ1n) is 8.19. The van der Waals surface area contributed by atoms with Gasteiger partial charge in [0.05, 0.1) is 0 Å². The summed E-state index contributed by atoms with van der Waals surface area (Å²) in [6, 6.07) is 16.8. The van der Waals surface area contributed by atoms with Gasteiger partial charge in [0.1, 0.15) is 6.61 Å². The molecule has 1 atom stereocenters. The van der Waals surface area contributed by atoms with Gasteiger partial charge in [0, 0.05) is 12.0 Å². The zero-order valence-corrected chi connectivity index (χ0v) is 13.9. The minimum Gasteiger partial charge on any atom is -0.449 e. The van der Waals surface area contributed by atoms with Crippen molar-refractivity contribution in [3.05, 3.63) is 59.7 Å². The molecule has 0 fully saturated rings. The Balaban J connectivity index is 1.75. The van der Waals surface area contributed by atoms with Gasteiger partial charge in [-0.15, -0.1) is 0 Å². The highest BCUT2D eigenvalue weighted by atomic mass is 16.5. The van der Waals surface area contributed by atoms with E-state index in [0.717, 1.165) is 0 Å². The molecule has 2 aromatic rings. The predicted molar refractivity (Wildman–Crippen MR) is 92.5 cm³/mol. The molecular formula is C20H23NO2. The molecule has 1 aliphatic carbocycles. The van der Waals surface area contributed by atoms with Gasteiger partial charge in [-0.3, -0.25) is 0 Å². The maximum atomic E-state index is 12.0. The van der Waals surface area contributed by atoms with Gasteiger partial charge in [0.25, 0.3) is 0 Å². The number of ether oxygens (including phenoxy) is 1.